The summed E-state index contributed by atoms with van der Waals surface area (Å²) in [5.41, 5.74) is 0. The van der Waals surface area contributed by atoms with E-state index in [4.69, 9.17) is 4.74 Å². The second kappa shape index (κ2) is 4.18. The summed E-state index contributed by atoms with van der Waals surface area (Å²) in [5.74, 6) is -1.29. The van der Waals surface area contributed by atoms with Gasteiger partial charge in [0.1, 0.15) is 6.10 Å². The number of carbonyl (C=O) groups excluding carboxylic acids is 2. The van der Waals surface area contributed by atoms with Crippen LogP contribution in [0, 0.1) is 0 Å². The van der Waals surface area contributed by atoms with Crippen molar-refractivity contribution < 1.29 is 22.7 Å². The Kier molecular flexibility index (Phi) is 3.33. The minimum Gasteiger partial charge on any atom is -0.459 e. The van der Waals surface area contributed by atoms with Crippen LogP contribution in [0.15, 0.2) is 0 Å². The summed E-state index contributed by atoms with van der Waals surface area (Å²) in [6.45, 7) is 2.49. The Hall–Kier alpha value is -1.11. The molecular formula is C8H13NO5S. The van der Waals surface area contributed by atoms with Crippen LogP contribution in [-0.4, -0.2) is 43.9 Å². The van der Waals surface area contributed by atoms with Gasteiger partial charge in [0, 0.05) is 13.8 Å². The summed E-state index contributed by atoms with van der Waals surface area (Å²) >= 11 is 0. The van der Waals surface area contributed by atoms with Gasteiger partial charge in [-0.25, -0.2) is 8.42 Å². The molecule has 1 rings (SSSR count). The van der Waals surface area contributed by atoms with Gasteiger partial charge in [-0.3, -0.25) is 9.59 Å². The van der Waals surface area contributed by atoms with Crippen LogP contribution in [0.3, 0.4) is 0 Å². The minimum absolute atomic E-state index is 0.176. The number of sulfone groups is 1. The third-order valence-electron chi connectivity index (χ3n) is 2.01. The van der Waals surface area contributed by atoms with Gasteiger partial charge in [0.25, 0.3) is 0 Å². The number of hydrogen-bond donors (Lipinski definition) is 1. The van der Waals surface area contributed by atoms with E-state index in [9.17, 15) is 18.0 Å². The molecule has 0 bridgehead atoms. The van der Waals surface area contributed by atoms with Crippen LogP contribution in [-0.2, 0) is 24.2 Å². The number of carbonyl (C=O) groups is 2. The molecule has 7 heteroatoms. The van der Waals surface area contributed by atoms with Crippen molar-refractivity contribution in [3.05, 3.63) is 0 Å². The standard InChI is InChI=1S/C8H13NO5S/c1-5(10)9-7-3-15(12,13)4-8(7)14-6(2)11/h7-8H,3-4H2,1-2H3,(H,9,10). The summed E-state index contributed by atoms with van der Waals surface area (Å²) in [5, 5.41) is 2.46. The topological polar surface area (TPSA) is 89.5 Å². The van der Waals surface area contributed by atoms with Gasteiger partial charge in [-0.15, -0.1) is 0 Å². The summed E-state index contributed by atoms with van der Waals surface area (Å²) in [4.78, 5) is 21.5. The molecule has 0 aromatic carbocycles. The summed E-state index contributed by atoms with van der Waals surface area (Å²) < 4.78 is 27.4. The third-order valence-corrected chi connectivity index (χ3v) is 3.71. The predicted octanol–water partition coefficient (Wildman–Crippen LogP) is -1.15. The Morgan fingerprint density at radius 1 is 1.27 bits per heavy atom. The molecule has 1 N–H and O–H groups in total. The molecule has 86 valence electrons. The molecule has 15 heavy (non-hydrogen) atoms. The lowest BCUT2D eigenvalue weighted by Crippen LogP contribution is -2.43. The van der Waals surface area contributed by atoms with Gasteiger partial charge in [-0.1, -0.05) is 0 Å². The molecule has 1 saturated heterocycles. The summed E-state index contributed by atoms with van der Waals surface area (Å²) in [6.07, 6.45) is -0.767. The maximum absolute atomic E-state index is 11.3. The number of rotatable bonds is 2. The van der Waals surface area contributed by atoms with Crippen molar-refractivity contribution in [2.45, 2.75) is 26.0 Å². The fourth-order valence-corrected chi connectivity index (χ4v) is 3.32. The maximum Gasteiger partial charge on any atom is 0.303 e. The number of nitrogens with one attached hydrogen (secondary N) is 1. The third kappa shape index (κ3) is 3.50. The minimum atomic E-state index is -3.23. The van der Waals surface area contributed by atoms with Crippen LogP contribution < -0.4 is 5.32 Å². The molecule has 0 aromatic heterocycles. The Balaban J connectivity index is 2.74. The lowest BCUT2D eigenvalue weighted by Gasteiger charge is -2.17. The van der Waals surface area contributed by atoms with Crippen LogP contribution in [0.1, 0.15) is 13.8 Å². The number of hydrogen-bond acceptors (Lipinski definition) is 5. The molecule has 0 spiro atoms. The summed E-state index contributed by atoms with van der Waals surface area (Å²) in [7, 11) is -3.23. The van der Waals surface area contributed by atoms with Crippen LogP contribution >= 0.6 is 0 Å². The van der Waals surface area contributed by atoms with E-state index in [1.165, 1.54) is 13.8 Å². The normalized spacial score (nSPS) is 28.4. The van der Waals surface area contributed by atoms with E-state index < -0.39 is 28.0 Å². The molecule has 1 aliphatic rings. The zero-order valence-electron chi connectivity index (χ0n) is 8.52. The fourth-order valence-electron chi connectivity index (χ4n) is 1.54. The Morgan fingerprint density at radius 2 is 1.87 bits per heavy atom. The molecule has 1 amide bonds. The van der Waals surface area contributed by atoms with Crippen molar-refractivity contribution in [3.63, 3.8) is 0 Å². The van der Waals surface area contributed by atoms with Gasteiger partial charge in [-0.05, 0) is 0 Å². The Bertz CT molecular complexity index is 344. The quantitative estimate of drug-likeness (QED) is 0.610. The number of amides is 1. The highest BCUT2D eigenvalue weighted by molar-refractivity contribution is 7.91. The van der Waals surface area contributed by atoms with Crippen molar-refractivity contribution in [1.29, 1.82) is 0 Å². The SMILES string of the molecule is CC(=O)NC1CS(=O)(=O)CC1OC(C)=O. The molecule has 0 saturated carbocycles. The maximum atomic E-state index is 11.3. The molecule has 0 aliphatic carbocycles. The van der Waals surface area contributed by atoms with Crippen molar-refractivity contribution in [2.24, 2.45) is 0 Å². The smallest absolute Gasteiger partial charge is 0.303 e. The second-order valence-electron chi connectivity index (χ2n) is 3.53. The van der Waals surface area contributed by atoms with E-state index in [1.807, 2.05) is 0 Å². The molecule has 2 atom stereocenters. The van der Waals surface area contributed by atoms with Crippen LogP contribution in [0.2, 0.25) is 0 Å². The first-order valence-corrected chi connectivity index (χ1v) is 6.27. The molecular weight excluding hydrogens is 222 g/mol. The Morgan fingerprint density at radius 3 is 2.33 bits per heavy atom. The highest BCUT2D eigenvalue weighted by Gasteiger charge is 2.40. The lowest BCUT2D eigenvalue weighted by atomic mass is 10.2. The van der Waals surface area contributed by atoms with Crippen molar-refractivity contribution >= 4 is 21.7 Å². The van der Waals surface area contributed by atoms with E-state index >= 15 is 0 Å². The van der Waals surface area contributed by atoms with E-state index in [2.05, 4.69) is 5.32 Å². The average molecular weight is 235 g/mol. The van der Waals surface area contributed by atoms with Crippen molar-refractivity contribution in [1.82, 2.24) is 5.32 Å². The molecule has 1 aliphatic heterocycles. The molecule has 6 nitrogen and oxygen atoms in total. The first-order valence-electron chi connectivity index (χ1n) is 4.45. The molecule has 0 aromatic rings. The largest absolute Gasteiger partial charge is 0.459 e. The van der Waals surface area contributed by atoms with Crippen LogP contribution in [0.5, 0.6) is 0 Å². The van der Waals surface area contributed by atoms with Crippen LogP contribution in [0.4, 0.5) is 0 Å². The second-order valence-corrected chi connectivity index (χ2v) is 5.69. The van der Waals surface area contributed by atoms with Gasteiger partial charge < -0.3 is 10.1 Å². The van der Waals surface area contributed by atoms with E-state index in [1.54, 1.807) is 0 Å². The molecule has 0 radical (unpaired) electrons. The van der Waals surface area contributed by atoms with Gasteiger partial charge in [0.15, 0.2) is 9.84 Å². The highest BCUT2D eigenvalue weighted by atomic mass is 32.2. The van der Waals surface area contributed by atoms with E-state index in [0.717, 1.165) is 0 Å². The van der Waals surface area contributed by atoms with Gasteiger partial charge >= 0.3 is 5.97 Å². The molecule has 2 unspecified atom stereocenters. The first-order chi connectivity index (χ1) is 6.80. The number of ether oxygens (including phenoxy) is 1. The van der Waals surface area contributed by atoms with E-state index in [0.29, 0.717) is 0 Å². The van der Waals surface area contributed by atoms with E-state index in [-0.39, 0.29) is 17.4 Å². The van der Waals surface area contributed by atoms with Crippen molar-refractivity contribution in [2.75, 3.05) is 11.5 Å². The van der Waals surface area contributed by atoms with Crippen molar-refractivity contribution in [3.8, 4) is 0 Å². The molecule has 1 fully saturated rings. The Labute approximate surface area is 87.9 Å². The fraction of sp³-hybridized carbons (Fsp3) is 0.750. The zero-order valence-corrected chi connectivity index (χ0v) is 9.33. The van der Waals surface area contributed by atoms with Crippen LogP contribution in [0.25, 0.3) is 0 Å². The van der Waals surface area contributed by atoms with Gasteiger partial charge in [-0.2, -0.15) is 0 Å². The first kappa shape index (κ1) is 12.0. The zero-order chi connectivity index (χ0) is 11.6. The predicted molar refractivity (Wildman–Crippen MR) is 51.8 cm³/mol. The average Bonchev–Trinajstić information content (AvgIpc) is 2.22. The highest BCUT2D eigenvalue weighted by Crippen LogP contribution is 2.16. The van der Waals surface area contributed by atoms with Gasteiger partial charge in [0.2, 0.25) is 5.91 Å². The monoisotopic (exact) mass is 235 g/mol. The number of esters is 1. The summed E-state index contributed by atoms with van der Waals surface area (Å²) in [6, 6.07) is -0.628. The molecule has 1 heterocycles. The van der Waals surface area contributed by atoms with Gasteiger partial charge in [0.05, 0.1) is 17.5 Å². The lowest BCUT2D eigenvalue weighted by molar-refractivity contribution is -0.146.